The number of benzene rings is 1. The lowest BCUT2D eigenvalue weighted by Crippen LogP contribution is -2.42. The highest BCUT2D eigenvalue weighted by molar-refractivity contribution is 7.16. The van der Waals surface area contributed by atoms with E-state index in [1.54, 1.807) is 13.3 Å². The minimum absolute atomic E-state index is 0.0661. The molecule has 0 spiro atoms. The number of aromatic nitrogens is 1. The largest absolute Gasteiger partial charge is 0.380 e. The van der Waals surface area contributed by atoms with E-state index in [0.29, 0.717) is 11.4 Å². The molecule has 5 heteroatoms. The Kier molecular flexibility index (Phi) is 4.31. The van der Waals surface area contributed by atoms with Crippen molar-refractivity contribution in [2.75, 3.05) is 20.2 Å². The first-order chi connectivity index (χ1) is 10.3. The second kappa shape index (κ2) is 6.37. The zero-order valence-corrected chi connectivity index (χ0v) is 12.8. The van der Waals surface area contributed by atoms with Gasteiger partial charge in [-0.1, -0.05) is 30.3 Å². The quantitative estimate of drug-likeness (QED) is 0.875. The second-order valence-electron chi connectivity index (χ2n) is 5.15. The summed E-state index contributed by atoms with van der Waals surface area (Å²) < 4.78 is 5.38. The van der Waals surface area contributed by atoms with Crippen molar-refractivity contribution >= 4 is 17.2 Å². The van der Waals surface area contributed by atoms with E-state index in [4.69, 9.17) is 4.74 Å². The number of thiazole rings is 1. The Labute approximate surface area is 128 Å². The first-order valence-corrected chi connectivity index (χ1v) is 7.93. The molecule has 1 aliphatic rings. The number of carbonyl (C=O) groups excluding carboxylic acids is 1. The molecule has 4 nitrogen and oxygen atoms in total. The number of hydrogen-bond donors (Lipinski definition) is 0. The van der Waals surface area contributed by atoms with Crippen molar-refractivity contribution in [1.29, 1.82) is 0 Å². The van der Waals surface area contributed by atoms with Crippen LogP contribution >= 0.6 is 11.3 Å². The van der Waals surface area contributed by atoms with E-state index in [9.17, 15) is 4.79 Å². The molecule has 3 rings (SSSR count). The molecule has 1 amide bonds. The Hall–Kier alpha value is -1.72. The van der Waals surface area contributed by atoms with Gasteiger partial charge in [0, 0.05) is 25.8 Å². The van der Waals surface area contributed by atoms with Crippen LogP contribution in [0.5, 0.6) is 0 Å². The maximum Gasteiger partial charge on any atom is 0.265 e. The molecule has 1 aliphatic heterocycles. The summed E-state index contributed by atoms with van der Waals surface area (Å²) >= 11 is 1.45. The van der Waals surface area contributed by atoms with Gasteiger partial charge in [-0.3, -0.25) is 4.79 Å². The van der Waals surface area contributed by atoms with Crippen LogP contribution in [0.4, 0.5) is 0 Å². The van der Waals surface area contributed by atoms with E-state index < -0.39 is 0 Å². The predicted molar refractivity (Wildman–Crippen MR) is 83.5 cm³/mol. The van der Waals surface area contributed by atoms with E-state index >= 15 is 0 Å². The molecule has 0 N–H and O–H groups in total. The molecule has 1 aromatic carbocycles. The summed E-state index contributed by atoms with van der Waals surface area (Å²) in [6.07, 6.45) is 3.86. The Balaban J connectivity index is 1.75. The number of carbonyl (C=O) groups is 1. The average molecular weight is 302 g/mol. The topological polar surface area (TPSA) is 42.4 Å². The summed E-state index contributed by atoms with van der Waals surface area (Å²) in [5.41, 5.74) is 1.05. The van der Waals surface area contributed by atoms with Gasteiger partial charge in [0.1, 0.15) is 9.88 Å². The smallest absolute Gasteiger partial charge is 0.265 e. The summed E-state index contributed by atoms with van der Waals surface area (Å²) in [6.45, 7) is 1.48. The number of ether oxygens (including phenoxy) is 1. The molecule has 110 valence electrons. The lowest BCUT2D eigenvalue weighted by atomic mass is 10.1. The average Bonchev–Trinajstić information content (AvgIpc) is 3.05. The Bertz CT molecular complexity index is 612. The maximum atomic E-state index is 12.5. The molecule has 21 heavy (non-hydrogen) atoms. The Morgan fingerprint density at radius 3 is 2.95 bits per heavy atom. The predicted octanol–water partition coefficient (Wildman–Crippen LogP) is 3.06. The molecular weight excluding hydrogens is 284 g/mol. The molecule has 1 saturated heterocycles. The van der Waals surface area contributed by atoms with E-state index in [1.165, 1.54) is 11.3 Å². The second-order valence-corrected chi connectivity index (χ2v) is 6.18. The van der Waals surface area contributed by atoms with Crippen molar-refractivity contribution < 1.29 is 9.53 Å². The molecule has 1 unspecified atom stereocenters. The van der Waals surface area contributed by atoms with Crippen molar-refractivity contribution in [2.24, 2.45) is 0 Å². The highest BCUT2D eigenvalue weighted by Crippen LogP contribution is 2.26. The van der Waals surface area contributed by atoms with Gasteiger partial charge in [0.15, 0.2) is 0 Å². The fraction of sp³-hybridized carbons (Fsp3) is 0.375. The van der Waals surface area contributed by atoms with Gasteiger partial charge in [0.05, 0.1) is 12.3 Å². The minimum atomic E-state index is 0.0661. The summed E-state index contributed by atoms with van der Waals surface area (Å²) in [5.74, 6) is 0.0661. The fourth-order valence-electron chi connectivity index (χ4n) is 2.56. The molecule has 1 fully saturated rings. The van der Waals surface area contributed by atoms with Crippen LogP contribution in [0.3, 0.4) is 0 Å². The summed E-state index contributed by atoms with van der Waals surface area (Å²) in [7, 11) is 1.71. The molecule has 2 aromatic rings. The lowest BCUT2D eigenvalue weighted by molar-refractivity contribution is 0.0271. The Morgan fingerprint density at radius 1 is 1.38 bits per heavy atom. The van der Waals surface area contributed by atoms with Crippen molar-refractivity contribution in [3.8, 4) is 10.6 Å². The van der Waals surface area contributed by atoms with Crippen LogP contribution in [0.15, 0.2) is 36.5 Å². The van der Waals surface area contributed by atoms with Crippen molar-refractivity contribution in [1.82, 2.24) is 9.88 Å². The number of amides is 1. The van der Waals surface area contributed by atoms with Crippen LogP contribution in [0.1, 0.15) is 22.5 Å². The number of likely N-dealkylation sites (tertiary alicyclic amines) is 1. The maximum absolute atomic E-state index is 12.5. The molecular formula is C16H18N2O2S. The van der Waals surface area contributed by atoms with Gasteiger partial charge in [-0.25, -0.2) is 4.98 Å². The van der Waals surface area contributed by atoms with Crippen LogP contribution < -0.4 is 0 Å². The number of piperidine rings is 1. The number of hydrogen-bond acceptors (Lipinski definition) is 4. The van der Waals surface area contributed by atoms with Gasteiger partial charge in [0.25, 0.3) is 5.91 Å². The van der Waals surface area contributed by atoms with Gasteiger partial charge >= 0.3 is 0 Å². The highest BCUT2D eigenvalue weighted by Gasteiger charge is 2.25. The van der Waals surface area contributed by atoms with E-state index in [2.05, 4.69) is 4.98 Å². The Morgan fingerprint density at radius 2 is 2.19 bits per heavy atom. The van der Waals surface area contributed by atoms with Crippen LogP contribution in [-0.2, 0) is 4.74 Å². The van der Waals surface area contributed by atoms with Crippen molar-refractivity contribution in [2.45, 2.75) is 18.9 Å². The zero-order chi connectivity index (χ0) is 14.7. The van der Waals surface area contributed by atoms with Gasteiger partial charge in [-0.2, -0.15) is 0 Å². The third-order valence-electron chi connectivity index (χ3n) is 3.74. The SMILES string of the molecule is COC1CCCN(C(=O)c2cnc(-c3ccccc3)s2)C1. The van der Waals surface area contributed by atoms with Crippen LogP contribution in [0.2, 0.25) is 0 Å². The molecule has 0 aliphatic carbocycles. The van der Waals surface area contributed by atoms with Crippen molar-refractivity contribution in [3.63, 3.8) is 0 Å². The van der Waals surface area contributed by atoms with Gasteiger partial charge in [0.2, 0.25) is 0 Å². The third kappa shape index (κ3) is 3.14. The molecule has 2 heterocycles. The zero-order valence-electron chi connectivity index (χ0n) is 12.0. The third-order valence-corrected chi connectivity index (χ3v) is 4.77. The van der Waals surface area contributed by atoms with Gasteiger partial charge in [-0.15, -0.1) is 11.3 Å². The number of rotatable bonds is 3. The minimum Gasteiger partial charge on any atom is -0.380 e. The van der Waals surface area contributed by atoms with Gasteiger partial charge < -0.3 is 9.64 Å². The van der Waals surface area contributed by atoms with E-state index in [0.717, 1.165) is 30.0 Å². The highest BCUT2D eigenvalue weighted by atomic mass is 32.1. The monoisotopic (exact) mass is 302 g/mol. The molecule has 0 saturated carbocycles. The van der Waals surface area contributed by atoms with Crippen LogP contribution in [0, 0.1) is 0 Å². The van der Waals surface area contributed by atoms with E-state index in [1.807, 2.05) is 35.2 Å². The molecule has 0 radical (unpaired) electrons. The van der Waals surface area contributed by atoms with Gasteiger partial charge in [-0.05, 0) is 12.8 Å². The first kappa shape index (κ1) is 14.2. The lowest BCUT2D eigenvalue weighted by Gasteiger charge is -2.31. The van der Waals surface area contributed by atoms with E-state index in [-0.39, 0.29) is 12.0 Å². The summed E-state index contributed by atoms with van der Waals surface area (Å²) in [5, 5.41) is 0.888. The van der Waals surface area contributed by atoms with Crippen molar-refractivity contribution in [3.05, 3.63) is 41.4 Å². The van der Waals surface area contributed by atoms with Crippen LogP contribution in [0.25, 0.3) is 10.6 Å². The molecule has 0 bridgehead atoms. The summed E-state index contributed by atoms with van der Waals surface area (Å²) in [6, 6.07) is 9.95. The standard InChI is InChI=1S/C16H18N2O2S/c1-20-13-8-5-9-18(11-13)16(19)14-10-17-15(21-14)12-6-3-2-4-7-12/h2-4,6-7,10,13H,5,8-9,11H2,1H3. The first-order valence-electron chi connectivity index (χ1n) is 7.11. The molecule has 1 atom stereocenters. The number of nitrogens with zero attached hydrogens (tertiary/aromatic N) is 2. The number of methoxy groups -OCH3 is 1. The van der Waals surface area contributed by atoms with Crippen LogP contribution in [-0.4, -0.2) is 42.1 Å². The normalized spacial score (nSPS) is 18.7. The molecule has 1 aromatic heterocycles. The fourth-order valence-corrected chi connectivity index (χ4v) is 3.45. The summed E-state index contributed by atoms with van der Waals surface area (Å²) in [4.78, 5) is 19.5.